The van der Waals surface area contributed by atoms with Gasteiger partial charge < -0.3 is 16.4 Å². The van der Waals surface area contributed by atoms with Crippen LogP contribution in [0.15, 0.2) is 28.2 Å². The van der Waals surface area contributed by atoms with Gasteiger partial charge in [-0.15, -0.1) is 0 Å². The lowest BCUT2D eigenvalue weighted by Gasteiger charge is -2.46. The van der Waals surface area contributed by atoms with Crippen molar-refractivity contribution < 1.29 is 4.79 Å². The maximum absolute atomic E-state index is 12.4. The molecule has 3 aliphatic rings. The molecule has 2 heterocycles. The van der Waals surface area contributed by atoms with Gasteiger partial charge in [-0.25, -0.2) is 4.99 Å². The molecule has 1 aromatic carbocycles. The van der Waals surface area contributed by atoms with Crippen LogP contribution in [-0.2, 0) is 4.79 Å². The monoisotopic (exact) mass is 354 g/mol. The molecular weight excluding hydrogens is 328 g/mol. The van der Waals surface area contributed by atoms with Crippen molar-refractivity contribution in [2.24, 2.45) is 21.5 Å². The lowest BCUT2D eigenvalue weighted by atomic mass is 9.87. The quantitative estimate of drug-likeness (QED) is 0.850. The first-order valence-corrected chi connectivity index (χ1v) is 9.41. The highest BCUT2D eigenvalue weighted by Gasteiger charge is 2.44. The first-order chi connectivity index (χ1) is 12.5. The number of aliphatic imine (C=N–C) groups is 2. The molecule has 7 nitrogen and oxygen atoms in total. The van der Waals surface area contributed by atoms with Gasteiger partial charge in [0.05, 0.1) is 11.4 Å². The normalized spacial score (nSPS) is 22.6. The Balaban J connectivity index is 1.86. The van der Waals surface area contributed by atoms with Crippen molar-refractivity contribution in [3.05, 3.63) is 23.8 Å². The Morgan fingerprint density at radius 1 is 1.08 bits per heavy atom. The zero-order valence-corrected chi connectivity index (χ0v) is 15.2. The Morgan fingerprint density at radius 3 is 2.54 bits per heavy atom. The third-order valence-corrected chi connectivity index (χ3v) is 5.59. The number of hydrogen-bond donors (Lipinski definition) is 2. The van der Waals surface area contributed by atoms with Crippen LogP contribution in [0.2, 0.25) is 0 Å². The van der Waals surface area contributed by atoms with Crippen LogP contribution in [0.3, 0.4) is 0 Å². The number of carbonyl (C=O) groups excluding carboxylic acids is 1. The molecule has 26 heavy (non-hydrogen) atoms. The highest BCUT2D eigenvalue weighted by atomic mass is 16.2. The zero-order valence-electron chi connectivity index (χ0n) is 15.2. The number of nitrogens with zero attached hydrogens (tertiary/aromatic N) is 4. The standard InChI is InChI=1S/C19H26N6O/c1-13-7-8-14(24-11-5-6-16(24)26)15(12-13)25-18(21)22-17(20)23-19(25)9-3-2-4-10-19/h7-8,12H,2-6,9-11H2,1H3,(H4,20,21,22,23). The van der Waals surface area contributed by atoms with Gasteiger partial charge in [-0.3, -0.25) is 9.69 Å². The van der Waals surface area contributed by atoms with Crippen molar-refractivity contribution in [2.45, 2.75) is 57.5 Å². The van der Waals surface area contributed by atoms with E-state index < -0.39 is 5.66 Å². The van der Waals surface area contributed by atoms with E-state index in [1.54, 1.807) is 0 Å². The Kier molecular flexibility index (Phi) is 4.09. The summed E-state index contributed by atoms with van der Waals surface area (Å²) in [5.41, 5.74) is 14.7. The lowest BCUT2D eigenvalue weighted by molar-refractivity contribution is -0.117. The number of amides is 1. The van der Waals surface area contributed by atoms with E-state index in [0.29, 0.717) is 12.4 Å². The van der Waals surface area contributed by atoms with Gasteiger partial charge in [0.25, 0.3) is 0 Å². The Hall–Kier alpha value is -2.57. The topological polar surface area (TPSA) is 100 Å². The Labute approximate surface area is 153 Å². The number of carbonyl (C=O) groups is 1. The number of aryl methyl sites for hydroxylation is 1. The number of hydrogen-bond acceptors (Lipinski definition) is 6. The summed E-state index contributed by atoms with van der Waals surface area (Å²) < 4.78 is 0. The Bertz CT molecular complexity index is 793. The minimum Gasteiger partial charge on any atom is -0.369 e. The van der Waals surface area contributed by atoms with Crippen LogP contribution in [0.5, 0.6) is 0 Å². The highest BCUT2D eigenvalue weighted by molar-refractivity contribution is 6.09. The molecule has 0 bridgehead atoms. The molecule has 0 unspecified atom stereocenters. The maximum atomic E-state index is 12.4. The van der Waals surface area contributed by atoms with Crippen molar-refractivity contribution in [1.82, 2.24) is 0 Å². The molecule has 2 aliphatic heterocycles. The molecular formula is C19H26N6O. The van der Waals surface area contributed by atoms with Gasteiger partial charge in [-0.05, 0) is 56.7 Å². The molecule has 2 fully saturated rings. The van der Waals surface area contributed by atoms with Gasteiger partial charge >= 0.3 is 0 Å². The fraction of sp³-hybridized carbons (Fsp3) is 0.526. The van der Waals surface area contributed by atoms with E-state index in [0.717, 1.165) is 55.6 Å². The molecule has 1 aromatic rings. The van der Waals surface area contributed by atoms with Gasteiger partial charge in [-0.1, -0.05) is 12.5 Å². The fourth-order valence-electron chi connectivity index (χ4n) is 4.41. The van der Waals surface area contributed by atoms with E-state index in [9.17, 15) is 4.79 Å². The van der Waals surface area contributed by atoms with Crippen LogP contribution in [-0.4, -0.2) is 30.0 Å². The number of benzene rings is 1. The molecule has 0 atom stereocenters. The molecule has 1 amide bonds. The fourth-order valence-corrected chi connectivity index (χ4v) is 4.41. The van der Waals surface area contributed by atoms with Gasteiger partial charge in [-0.2, -0.15) is 4.99 Å². The maximum Gasteiger partial charge on any atom is 0.227 e. The molecule has 0 aromatic heterocycles. The van der Waals surface area contributed by atoms with Crippen LogP contribution >= 0.6 is 0 Å². The van der Waals surface area contributed by atoms with E-state index >= 15 is 0 Å². The first kappa shape index (κ1) is 16.9. The van der Waals surface area contributed by atoms with E-state index in [1.165, 1.54) is 6.42 Å². The second-order valence-electron chi connectivity index (χ2n) is 7.46. The third kappa shape index (κ3) is 2.71. The average Bonchev–Trinajstić information content (AvgIpc) is 3.01. The average molecular weight is 354 g/mol. The van der Waals surface area contributed by atoms with Crippen molar-refractivity contribution in [3.63, 3.8) is 0 Å². The van der Waals surface area contributed by atoms with Gasteiger partial charge in [0.15, 0.2) is 0 Å². The SMILES string of the molecule is Cc1ccc(N2CCCC2=O)c(N2C(N)=NC(N)=NC23CCCCC3)c1. The second-order valence-corrected chi connectivity index (χ2v) is 7.46. The molecule has 0 radical (unpaired) electrons. The molecule has 1 saturated carbocycles. The summed E-state index contributed by atoms with van der Waals surface area (Å²) in [6, 6.07) is 6.13. The molecule has 7 heteroatoms. The molecule has 138 valence electrons. The smallest absolute Gasteiger partial charge is 0.227 e. The molecule has 1 spiro atoms. The molecule has 1 saturated heterocycles. The summed E-state index contributed by atoms with van der Waals surface area (Å²) in [6.07, 6.45) is 6.57. The van der Waals surface area contributed by atoms with Gasteiger partial charge in [0.1, 0.15) is 5.66 Å². The van der Waals surface area contributed by atoms with E-state index in [1.807, 2.05) is 28.9 Å². The third-order valence-electron chi connectivity index (χ3n) is 5.59. The summed E-state index contributed by atoms with van der Waals surface area (Å²) in [7, 11) is 0. The van der Waals surface area contributed by atoms with E-state index in [-0.39, 0.29) is 11.9 Å². The number of nitrogens with two attached hydrogens (primary N) is 2. The molecule has 4 N–H and O–H groups in total. The number of anilines is 2. The van der Waals surface area contributed by atoms with Crippen LogP contribution in [0.25, 0.3) is 0 Å². The van der Waals surface area contributed by atoms with Crippen LogP contribution in [0.1, 0.15) is 50.5 Å². The minimum absolute atomic E-state index is 0.156. The van der Waals surface area contributed by atoms with E-state index in [2.05, 4.69) is 11.1 Å². The van der Waals surface area contributed by atoms with Crippen LogP contribution < -0.4 is 21.3 Å². The summed E-state index contributed by atoms with van der Waals surface area (Å²) in [5, 5.41) is 0. The second kappa shape index (κ2) is 6.30. The van der Waals surface area contributed by atoms with Crippen LogP contribution in [0, 0.1) is 6.92 Å². The van der Waals surface area contributed by atoms with E-state index in [4.69, 9.17) is 16.5 Å². The molecule has 1 aliphatic carbocycles. The number of rotatable bonds is 2. The van der Waals surface area contributed by atoms with Crippen molar-refractivity contribution in [2.75, 3.05) is 16.3 Å². The Morgan fingerprint density at radius 2 is 1.85 bits per heavy atom. The first-order valence-electron chi connectivity index (χ1n) is 9.41. The zero-order chi connectivity index (χ0) is 18.3. The van der Waals surface area contributed by atoms with Gasteiger partial charge in [0, 0.05) is 13.0 Å². The summed E-state index contributed by atoms with van der Waals surface area (Å²) in [6.45, 7) is 2.78. The van der Waals surface area contributed by atoms with Crippen LogP contribution in [0.4, 0.5) is 11.4 Å². The summed E-state index contributed by atoms with van der Waals surface area (Å²) >= 11 is 0. The number of guanidine groups is 2. The predicted molar refractivity (Wildman–Crippen MR) is 104 cm³/mol. The summed E-state index contributed by atoms with van der Waals surface area (Å²) in [4.78, 5) is 25.3. The summed E-state index contributed by atoms with van der Waals surface area (Å²) in [5.74, 6) is 0.758. The predicted octanol–water partition coefficient (Wildman–Crippen LogP) is 2.23. The lowest BCUT2D eigenvalue weighted by Crippen LogP contribution is -2.58. The largest absolute Gasteiger partial charge is 0.369 e. The minimum atomic E-state index is -0.501. The molecule has 4 rings (SSSR count). The van der Waals surface area contributed by atoms with Crippen molar-refractivity contribution >= 4 is 29.2 Å². The van der Waals surface area contributed by atoms with Gasteiger partial charge in [0.2, 0.25) is 17.8 Å². The highest BCUT2D eigenvalue weighted by Crippen LogP contribution is 2.43. The van der Waals surface area contributed by atoms with Crippen molar-refractivity contribution in [1.29, 1.82) is 0 Å². The van der Waals surface area contributed by atoms with Crippen molar-refractivity contribution in [3.8, 4) is 0 Å².